The predicted molar refractivity (Wildman–Crippen MR) is 124 cm³/mol. The molecule has 0 saturated carbocycles. The Hall–Kier alpha value is -4.02. The topological polar surface area (TPSA) is 80.6 Å². The van der Waals surface area contributed by atoms with Gasteiger partial charge in [-0.2, -0.15) is 5.26 Å². The van der Waals surface area contributed by atoms with Gasteiger partial charge in [-0.25, -0.2) is 4.39 Å². The van der Waals surface area contributed by atoms with Gasteiger partial charge in [-0.1, -0.05) is 29.8 Å². The first-order valence-corrected chi connectivity index (χ1v) is 10.1. The summed E-state index contributed by atoms with van der Waals surface area (Å²) < 4.78 is 30.0. The molecule has 0 aliphatic carbocycles. The molecule has 0 spiro atoms. The molecule has 0 saturated heterocycles. The summed E-state index contributed by atoms with van der Waals surface area (Å²) in [5.41, 5.74) is 1.19. The lowest BCUT2D eigenvalue weighted by Crippen LogP contribution is -2.13. The van der Waals surface area contributed by atoms with Gasteiger partial charge in [0.25, 0.3) is 5.91 Å². The zero-order valence-corrected chi connectivity index (χ0v) is 18.7. The monoisotopic (exact) mass is 466 g/mol. The number of rotatable bonds is 8. The van der Waals surface area contributed by atoms with E-state index in [-0.39, 0.29) is 28.7 Å². The molecule has 0 unspecified atom stereocenters. The second-order valence-corrected chi connectivity index (χ2v) is 7.17. The average Bonchev–Trinajstić information content (AvgIpc) is 2.82. The van der Waals surface area contributed by atoms with E-state index in [9.17, 15) is 14.4 Å². The number of amides is 1. The molecule has 0 radical (unpaired) electrons. The summed E-state index contributed by atoms with van der Waals surface area (Å²) in [5.74, 6) is 0.160. The summed E-state index contributed by atoms with van der Waals surface area (Å²) in [6.07, 6.45) is 1.38. The molecular weight excluding hydrogens is 447 g/mol. The lowest BCUT2D eigenvalue weighted by Gasteiger charge is -2.14. The van der Waals surface area contributed by atoms with E-state index in [2.05, 4.69) is 5.32 Å². The number of nitrogens with one attached hydrogen (secondary N) is 1. The Morgan fingerprint density at radius 2 is 1.85 bits per heavy atom. The molecule has 8 heteroatoms. The molecule has 3 aromatic carbocycles. The van der Waals surface area contributed by atoms with Gasteiger partial charge >= 0.3 is 0 Å². The summed E-state index contributed by atoms with van der Waals surface area (Å²) in [5, 5.41) is 12.3. The van der Waals surface area contributed by atoms with E-state index in [4.69, 9.17) is 25.8 Å². The van der Waals surface area contributed by atoms with E-state index in [1.54, 1.807) is 55.6 Å². The van der Waals surface area contributed by atoms with Gasteiger partial charge < -0.3 is 19.5 Å². The van der Waals surface area contributed by atoms with Crippen LogP contribution in [0.4, 0.5) is 10.1 Å². The molecule has 0 bridgehead atoms. The first-order chi connectivity index (χ1) is 15.9. The van der Waals surface area contributed by atoms with Crippen LogP contribution in [0.5, 0.6) is 17.2 Å². The van der Waals surface area contributed by atoms with Crippen LogP contribution in [0.2, 0.25) is 5.02 Å². The fraction of sp³-hybridized carbons (Fsp3) is 0.120. The van der Waals surface area contributed by atoms with E-state index in [1.165, 1.54) is 25.3 Å². The Labute approximate surface area is 195 Å². The van der Waals surface area contributed by atoms with Crippen molar-refractivity contribution in [2.45, 2.75) is 6.61 Å². The molecule has 1 amide bonds. The van der Waals surface area contributed by atoms with Crippen LogP contribution >= 0.6 is 11.6 Å². The van der Waals surface area contributed by atoms with Crippen LogP contribution in [0, 0.1) is 17.1 Å². The lowest BCUT2D eigenvalue weighted by atomic mass is 10.1. The number of hydrogen-bond acceptors (Lipinski definition) is 5. The highest BCUT2D eigenvalue weighted by molar-refractivity contribution is 6.32. The number of methoxy groups -OCH3 is 2. The van der Waals surface area contributed by atoms with Crippen molar-refractivity contribution in [1.29, 1.82) is 5.26 Å². The number of ether oxygens (including phenoxy) is 3. The average molecular weight is 467 g/mol. The summed E-state index contributed by atoms with van der Waals surface area (Å²) >= 11 is 6.36. The Morgan fingerprint density at radius 1 is 1.12 bits per heavy atom. The molecule has 0 atom stereocenters. The third-order valence-electron chi connectivity index (χ3n) is 4.61. The van der Waals surface area contributed by atoms with Gasteiger partial charge in [0.05, 0.1) is 19.2 Å². The maximum atomic E-state index is 13.9. The molecular formula is C25H20ClFN2O4. The molecule has 0 aliphatic heterocycles. The van der Waals surface area contributed by atoms with Crippen LogP contribution in [-0.2, 0) is 11.4 Å². The van der Waals surface area contributed by atoms with E-state index in [0.29, 0.717) is 22.6 Å². The van der Waals surface area contributed by atoms with E-state index >= 15 is 0 Å². The normalized spacial score (nSPS) is 10.8. The molecule has 0 aromatic heterocycles. The van der Waals surface area contributed by atoms with Gasteiger partial charge in [0.1, 0.15) is 29.8 Å². The number of halogens is 2. The highest BCUT2D eigenvalue weighted by Gasteiger charge is 2.15. The van der Waals surface area contributed by atoms with Crippen molar-refractivity contribution >= 4 is 29.3 Å². The first-order valence-electron chi connectivity index (χ1n) is 9.76. The number of carbonyl (C=O) groups excluding carboxylic acids is 1. The van der Waals surface area contributed by atoms with E-state index < -0.39 is 11.7 Å². The highest BCUT2D eigenvalue weighted by Crippen LogP contribution is 2.37. The second-order valence-electron chi connectivity index (χ2n) is 6.77. The molecule has 168 valence electrons. The molecule has 3 rings (SSSR count). The lowest BCUT2D eigenvalue weighted by molar-refractivity contribution is -0.112. The molecule has 0 aliphatic rings. The number of nitriles is 1. The van der Waals surface area contributed by atoms with Gasteiger partial charge in [0.15, 0.2) is 11.5 Å². The molecule has 1 N–H and O–H groups in total. The molecule has 0 heterocycles. The van der Waals surface area contributed by atoms with Crippen LogP contribution in [0.15, 0.2) is 66.2 Å². The summed E-state index contributed by atoms with van der Waals surface area (Å²) in [7, 11) is 2.97. The second kappa shape index (κ2) is 11.0. The van der Waals surface area contributed by atoms with Crippen LogP contribution in [0.25, 0.3) is 6.08 Å². The van der Waals surface area contributed by atoms with Crippen molar-refractivity contribution in [3.8, 4) is 23.3 Å². The third-order valence-corrected chi connectivity index (χ3v) is 4.89. The van der Waals surface area contributed by atoms with Crippen molar-refractivity contribution in [3.05, 3.63) is 88.2 Å². The van der Waals surface area contributed by atoms with Crippen molar-refractivity contribution < 1.29 is 23.4 Å². The summed E-state index contributed by atoms with van der Waals surface area (Å²) in [6, 6.07) is 17.9. The van der Waals surface area contributed by atoms with Gasteiger partial charge in [-0.3, -0.25) is 4.79 Å². The van der Waals surface area contributed by atoms with Gasteiger partial charge in [-0.15, -0.1) is 0 Å². The number of benzene rings is 3. The fourth-order valence-corrected chi connectivity index (χ4v) is 3.19. The quantitative estimate of drug-likeness (QED) is 0.344. The van der Waals surface area contributed by atoms with Gasteiger partial charge in [0, 0.05) is 11.3 Å². The largest absolute Gasteiger partial charge is 0.497 e. The predicted octanol–water partition coefficient (Wildman–Crippen LogP) is 5.62. The number of carbonyl (C=O) groups is 1. The third kappa shape index (κ3) is 6.03. The standard InChI is InChI=1S/C25H20ClFN2O4/c1-31-20-9-7-19(8-10-20)29-25(30)18(14-28)11-16-12-21(26)24(23(13-16)32-2)33-15-17-5-3-4-6-22(17)27/h3-13H,15H2,1-2H3,(H,29,30)/b18-11-. The van der Waals surface area contributed by atoms with Crippen LogP contribution in [0.1, 0.15) is 11.1 Å². The molecule has 3 aromatic rings. The smallest absolute Gasteiger partial charge is 0.266 e. The van der Waals surface area contributed by atoms with Crippen LogP contribution < -0.4 is 19.5 Å². The van der Waals surface area contributed by atoms with Crippen molar-refractivity contribution in [2.75, 3.05) is 19.5 Å². The fourth-order valence-electron chi connectivity index (χ4n) is 2.92. The Kier molecular flexibility index (Phi) is 7.90. The molecule has 0 fully saturated rings. The SMILES string of the molecule is COc1ccc(NC(=O)/C(C#N)=C\c2cc(Cl)c(OCc3ccccc3F)c(OC)c2)cc1. The van der Waals surface area contributed by atoms with E-state index in [0.717, 1.165) is 0 Å². The van der Waals surface area contributed by atoms with Crippen molar-refractivity contribution in [1.82, 2.24) is 0 Å². The van der Waals surface area contributed by atoms with Crippen molar-refractivity contribution in [2.24, 2.45) is 0 Å². The minimum atomic E-state index is -0.586. The number of nitrogens with zero attached hydrogens (tertiary/aromatic N) is 1. The summed E-state index contributed by atoms with van der Waals surface area (Å²) in [6.45, 7) is -0.0499. The zero-order valence-electron chi connectivity index (χ0n) is 17.9. The molecule has 6 nitrogen and oxygen atoms in total. The number of hydrogen-bond donors (Lipinski definition) is 1. The van der Waals surface area contributed by atoms with E-state index in [1.807, 2.05) is 6.07 Å². The van der Waals surface area contributed by atoms with Crippen molar-refractivity contribution in [3.63, 3.8) is 0 Å². The first kappa shape index (κ1) is 23.6. The zero-order chi connectivity index (χ0) is 23.8. The van der Waals surface area contributed by atoms with Gasteiger partial charge in [-0.05, 0) is 54.1 Å². The van der Waals surface area contributed by atoms with Crippen LogP contribution in [0.3, 0.4) is 0 Å². The Balaban J connectivity index is 1.80. The Morgan fingerprint density at radius 3 is 2.48 bits per heavy atom. The minimum Gasteiger partial charge on any atom is -0.497 e. The molecule has 33 heavy (non-hydrogen) atoms. The highest BCUT2D eigenvalue weighted by atomic mass is 35.5. The number of anilines is 1. The Bertz CT molecular complexity index is 1220. The summed E-state index contributed by atoms with van der Waals surface area (Å²) in [4.78, 5) is 12.5. The maximum Gasteiger partial charge on any atom is 0.266 e. The minimum absolute atomic E-state index is 0.0499. The maximum absolute atomic E-state index is 13.9. The van der Waals surface area contributed by atoms with Gasteiger partial charge in [0.2, 0.25) is 0 Å². The van der Waals surface area contributed by atoms with Crippen LogP contribution in [-0.4, -0.2) is 20.1 Å².